The zero-order valence-corrected chi connectivity index (χ0v) is 15.6. The van der Waals surface area contributed by atoms with E-state index in [0.29, 0.717) is 13.2 Å². The lowest BCUT2D eigenvalue weighted by Crippen LogP contribution is -2.12. The molecule has 3 nitrogen and oxygen atoms in total. The number of hydrogen-bond acceptors (Lipinski definition) is 3. The van der Waals surface area contributed by atoms with Crippen molar-refractivity contribution in [3.63, 3.8) is 0 Å². The zero-order valence-electron chi connectivity index (χ0n) is 14.0. The molecule has 0 saturated heterocycles. The van der Waals surface area contributed by atoms with Crippen molar-refractivity contribution >= 4 is 15.9 Å². The fourth-order valence-electron chi connectivity index (χ4n) is 2.32. The molecule has 0 amide bonds. The first-order valence-electron chi connectivity index (χ1n) is 7.98. The Bertz CT molecular complexity index is 643. The maximum atomic E-state index is 6.00. The molecular formula is C19H24BrNO2. The lowest BCUT2D eigenvalue weighted by molar-refractivity contribution is 0.269. The first-order valence-corrected chi connectivity index (χ1v) is 8.77. The predicted molar refractivity (Wildman–Crippen MR) is 98.2 cm³/mol. The summed E-state index contributed by atoms with van der Waals surface area (Å²) in [6, 6.07) is 12.4. The van der Waals surface area contributed by atoms with E-state index in [1.54, 1.807) is 0 Å². The van der Waals surface area contributed by atoms with Crippen LogP contribution in [0.15, 0.2) is 40.9 Å². The Balaban J connectivity index is 2.17. The Morgan fingerprint density at radius 2 is 1.83 bits per heavy atom. The Hall–Kier alpha value is -1.52. The van der Waals surface area contributed by atoms with E-state index in [9.17, 15) is 0 Å². The van der Waals surface area contributed by atoms with Crippen LogP contribution in [0.4, 0.5) is 0 Å². The third-order valence-corrected chi connectivity index (χ3v) is 4.19. The molecule has 4 heteroatoms. The maximum absolute atomic E-state index is 6.00. The summed E-state index contributed by atoms with van der Waals surface area (Å²) in [5, 5.41) is 3.33. The first-order chi connectivity index (χ1) is 11.1. The minimum atomic E-state index is 0.529. The molecule has 0 spiro atoms. The Morgan fingerprint density at radius 1 is 1.04 bits per heavy atom. The molecule has 0 aliphatic rings. The van der Waals surface area contributed by atoms with Crippen LogP contribution in [0.25, 0.3) is 0 Å². The highest BCUT2D eigenvalue weighted by Gasteiger charge is 2.11. The molecule has 124 valence electrons. The highest BCUT2D eigenvalue weighted by molar-refractivity contribution is 9.10. The SMILES string of the molecule is CCNCc1cc(OCC)c(OCc2cccc(C)c2)cc1Br. The summed E-state index contributed by atoms with van der Waals surface area (Å²) in [5.41, 5.74) is 3.55. The van der Waals surface area contributed by atoms with Gasteiger partial charge in [0.2, 0.25) is 0 Å². The van der Waals surface area contributed by atoms with Crippen LogP contribution in [0.3, 0.4) is 0 Å². The number of nitrogens with one attached hydrogen (secondary N) is 1. The van der Waals surface area contributed by atoms with Crippen molar-refractivity contribution in [2.75, 3.05) is 13.2 Å². The van der Waals surface area contributed by atoms with E-state index in [4.69, 9.17) is 9.47 Å². The molecule has 0 saturated carbocycles. The molecule has 0 radical (unpaired) electrons. The van der Waals surface area contributed by atoms with Gasteiger partial charge in [-0.25, -0.2) is 0 Å². The van der Waals surface area contributed by atoms with Gasteiger partial charge in [-0.3, -0.25) is 0 Å². The Labute approximate surface area is 147 Å². The summed E-state index contributed by atoms with van der Waals surface area (Å²) >= 11 is 3.62. The summed E-state index contributed by atoms with van der Waals surface area (Å²) < 4.78 is 12.8. The molecule has 0 heterocycles. The van der Waals surface area contributed by atoms with Crippen LogP contribution in [0.1, 0.15) is 30.5 Å². The van der Waals surface area contributed by atoms with Gasteiger partial charge in [0.15, 0.2) is 11.5 Å². The van der Waals surface area contributed by atoms with E-state index in [2.05, 4.69) is 53.3 Å². The predicted octanol–water partition coefficient (Wildman–Crippen LogP) is 4.84. The highest BCUT2D eigenvalue weighted by atomic mass is 79.9. The van der Waals surface area contributed by atoms with Gasteiger partial charge >= 0.3 is 0 Å². The van der Waals surface area contributed by atoms with E-state index in [0.717, 1.165) is 34.6 Å². The Morgan fingerprint density at radius 3 is 2.52 bits per heavy atom. The molecule has 2 aromatic rings. The fraction of sp³-hybridized carbons (Fsp3) is 0.368. The largest absolute Gasteiger partial charge is 0.490 e. The van der Waals surface area contributed by atoms with Crippen LogP contribution in [0, 0.1) is 6.92 Å². The van der Waals surface area contributed by atoms with E-state index >= 15 is 0 Å². The fourth-order valence-corrected chi connectivity index (χ4v) is 2.78. The van der Waals surface area contributed by atoms with Crippen molar-refractivity contribution in [3.8, 4) is 11.5 Å². The molecule has 0 aromatic heterocycles. The first kappa shape index (κ1) is 17.8. The average Bonchev–Trinajstić information content (AvgIpc) is 2.54. The van der Waals surface area contributed by atoms with Crippen LogP contribution in [0.2, 0.25) is 0 Å². The van der Waals surface area contributed by atoms with Gasteiger partial charge in [-0.1, -0.05) is 52.7 Å². The third kappa shape index (κ3) is 5.26. The van der Waals surface area contributed by atoms with Gasteiger partial charge < -0.3 is 14.8 Å². The third-order valence-electron chi connectivity index (χ3n) is 3.45. The van der Waals surface area contributed by atoms with Crippen molar-refractivity contribution < 1.29 is 9.47 Å². The van der Waals surface area contributed by atoms with Gasteiger partial charge in [0.1, 0.15) is 6.61 Å². The van der Waals surface area contributed by atoms with Gasteiger partial charge in [0.05, 0.1) is 6.61 Å². The van der Waals surface area contributed by atoms with Crippen molar-refractivity contribution in [2.45, 2.75) is 33.9 Å². The quantitative estimate of drug-likeness (QED) is 0.713. The Kier molecular flexibility index (Phi) is 6.93. The van der Waals surface area contributed by atoms with E-state index in [1.807, 2.05) is 25.1 Å². The normalized spacial score (nSPS) is 10.6. The average molecular weight is 378 g/mol. The van der Waals surface area contributed by atoms with Crippen LogP contribution in [-0.2, 0) is 13.2 Å². The zero-order chi connectivity index (χ0) is 16.7. The van der Waals surface area contributed by atoms with Crippen molar-refractivity contribution in [3.05, 3.63) is 57.6 Å². The molecule has 23 heavy (non-hydrogen) atoms. The summed E-state index contributed by atoms with van der Waals surface area (Å²) in [4.78, 5) is 0. The molecule has 2 rings (SSSR count). The molecule has 1 N–H and O–H groups in total. The number of benzene rings is 2. The standard InChI is InChI=1S/C19H24BrNO2/c1-4-21-12-16-10-18(22-5-2)19(11-17(16)20)23-13-15-8-6-7-14(3)9-15/h6-11,21H,4-5,12-13H2,1-3H3. The smallest absolute Gasteiger partial charge is 0.162 e. The van der Waals surface area contributed by atoms with E-state index in [-0.39, 0.29) is 0 Å². The lowest BCUT2D eigenvalue weighted by Gasteiger charge is -2.15. The highest BCUT2D eigenvalue weighted by Crippen LogP contribution is 2.34. The molecule has 0 aliphatic carbocycles. The monoisotopic (exact) mass is 377 g/mol. The van der Waals surface area contributed by atoms with Gasteiger partial charge in [-0.15, -0.1) is 0 Å². The van der Waals surface area contributed by atoms with Crippen molar-refractivity contribution in [1.82, 2.24) is 5.32 Å². The van der Waals surface area contributed by atoms with Crippen LogP contribution >= 0.6 is 15.9 Å². The summed E-state index contributed by atoms with van der Waals surface area (Å²) in [5.74, 6) is 1.55. The molecule has 2 aromatic carbocycles. The van der Waals surface area contributed by atoms with Gasteiger partial charge in [-0.05, 0) is 43.7 Å². The van der Waals surface area contributed by atoms with Crippen LogP contribution < -0.4 is 14.8 Å². The number of halogens is 1. The lowest BCUT2D eigenvalue weighted by atomic mass is 10.1. The summed E-state index contributed by atoms with van der Waals surface area (Å²) in [7, 11) is 0. The van der Waals surface area contributed by atoms with Crippen molar-refractivity contribution in [2.24, 2.45) is 0 Å². The number of aryl methyl sites for hydroxylation is 1. The van der Waals surface area contributed by atoms with Crippen LogP contribution in [-0.4, -0.2) is 13.2 Å². The molecular weight excluding hydrogens is 354 g/mol. The molecule has 0 bridgehead atoms. The van der Waals surface area contributed by atoms with Crippen molar-refractivity contribution in [1.29, 1.82) is 0 Å². The van der Waals surface area contributed by atoms with Gasteiger partial charge in [0, 0.05) is 11.0 Å². The summed E-state index contributed by atoms with van der Waals surface area (Å²) in [6.07, 6.45) is 0. The number of ether oxygens (including phenoxy) is 2. The number of hydrogen-bond donors (Lipinski definition) is 1. The molecule has 0 atom stereocenters. The minimum Gasteiger partial charge on any atom is -0.490 e. The topological polar surface area (TPSA) is 30.5 Å². The van der Waals surface area contributed by atoms with E-state index in [1.165, 1.54) is 11.1 Å². The number of rotatable bonds is 8. The second-order valence-corrected chi connectivity index (χ2v) is 6.24. The summed E-state index contributed by atoms with van der Waals surface area (Å²) in [6.45, 7) is 9.04. The second-order valence-electron chi connectivity index (χ2n) is 5.38. The maximum Gasteiger partial charge on any atom is 0.162 e. The van der Waals surface area contributed by atoms with Gasteiger partial charge in [0.25, 0.3) is 0 Å². The van der Waals surface area contributed by atoms with E-state index < -0.39 is 0 Å². The molecule has 0 aliphatic heterocycles. The molecule has 0 fully saturated rings. The van der Waals surface area contributed by atoms with Crippen LogP contribution in [0.5, 0.6) is 11.5 Å². The second kappa shape index (κ2) is 8.94. The van der Waals surface area contributed by atoms with Gasteiger partial charge in [-0.2, -0.15) is 0 Å². The minimum absolute atomic E-state index is 0.529. The molecule has 0 unspecified atom stereocenters.